The van der Waals surface area contributed by atoms with Gasteiger partial charge in [-0.25, -0.2) is 13.9 Å². The van der Waals surface area contributed by atoms with Crippen LogP contribution in [0.4, 0.5) is 10.1 Å². The number of nitrogens with zero attached hydrogens (tertiary/aromatic N) is 4. The van der Waals surface area contributed by atoms with Crippen molar-refractivity contribution in [1.82, 2.24) is 29.8 Å². The molecule has 3 N–H and O–H groups in total. The summed E-state index contributed by atoms with van der Waals surface area (Å²) in [4.78, 5) is 33.1. The molecular weight excluding hydrogens is 425 g/mol. The highest BCUT2D eigenvalue weighted by molar-refractivity contribution is 5.92. The predicted molar refractivity (Wildman–Crippen MR) is 123 cm³/mol. The quantitative estimate of drug-likeness (QED) is 0.431. The number of anilines is 1. The van der Waals surface area contributed by atoms with Crippen LogP contribution in [0.5, 0.6) is 0 Å². The van der Waals surface area contributed by atoms with Crippen LogP contribution in [0, 0.1) is 12.7 Å². The number of H-pyrrole nitrogens is 1. The molecule has 10 heteroatoms. The van der Waals surface area contributed by atoms with E-state index in [0.29, 0.717) is 28.8 Å². The second kappa shape index (κ2) is 8.28. The monoisotopic (exact) mass is 449 g/mol. The molecule has 5 rings (SSSR count). The lowest BCUT2D eigenvalue weighted by Gasteiger charge is -2.18. The van der Waals surface area contributed by atoms with Crippen LogP contribution in [-0.2, 0) is 6.54 Å². The van der Waals surface area contributed by atoms with Gasteiger partial charge in [0.15, 0.2) is 5.82 Å². The van der Waals surface area contributed by atoms with E-state index in [-0.39, 0.29) is 23.0 Å². The minimum atomic E-state index is -0.426. The Morgan fingerprint density at radius 2 is 2.12 bits per heavy atom. The summed E-state index contributed by atoms with van der Waals surface area (Å²) in [7, 11) is 1.57. The Morgan fingerprint density at radius 3 is 2.88 bits per heavy atom. The van der Waals surface area contributed by atoms with Crippen LogP contribution >= 0.6 is 0 Å². The second-order valence-electron chi connectivity index (χ2n) is 8.35. The number of aromatic nitrogens is 4. The van der Waals surface area contributed by atoms with Gasteiger partial charge in [0.05, 0.1) is 23.6 Å². The fourth-order valence-electron chi connectivity index (χ4n) is 4.40. The maximum atomic E-state index is 15.3. The standard InChI is InChI=1S/C23H24FN7O2/c1-13-9-27-31-18-6-3-14(19(24)20(18)29-23(33)21(13)31)11-30-8-7-16(12-30)28-15-4-5-17(26-10-15)22(32)25-2/h3-6,9-10,16,28H,7-8,11-12H2,1-2H3,(H,25,32)(H,29,33)/t16-/m1/s1. The summed E-state index contributed by atoms with van der Waals surface area (Å²) in [5, 5.41) is 10.2. The Kier molecular flexibility index (Phi) is 5.29. The van der Waals surface area contributed by atoms with Crippen LogP contribution in [0.15, 0.2) is 41.5 Å². The lowest BCUT2D eigenvalue weighted by Crippen LogP contribution is -2.26. The van der Waals surface area contributed by atoms with Gasteiger partial charge < -0.3 is 15.6 Å². The number of carbonyl (C=O) groups is 1. The summed E-state index contributed by atoms with van der Waals surface area (Å²) in [5.41, 5.74) is 3.26. The summed E-state index contributed by atoms with van der Waals surface area (Å²) >= 11 is 0. The van der Waals surface area contributed by atoms with E-state index < -0.39 is 5.82 Å². The number of likely N-dealkylation sites (tertiary alicyclic amines) is 1. The molecule has 4 aromatic rings. The first-order chi connectivity index (χ1) is 15.9. The van der Waals surface area contributed by atoms with E-state index >= 15 is 4.39 Å². The number of carbonyl (C=O) groups excluding carboxylic acids is 1. The van der Waals surface area contributed by atoms with Crippen LogP contribution in [0.2, 0.25) is 0 Å². The summed E-state index contributed by atoms with van der Waals surface area (Å²) in [6.45, 7) is 3.79. The van der Waals surface area contributed by atoms with Crippen molar-refractivity contribution in [2.24, 2.45) is 0 Å². The van der Waals surface area contributed by atoms with Gasteiger partial charge in [-0.3, -0.25) is 14.5 Å². The molecule has 4 heterocycles. The van der Waals surface area contributed by atoms with Crippen molar-refractivity contribution >= 4 is 28.1 Å². The van der Waals surface area contributed by atoms with Gasteiger partial charge in [0.1, 0.15) is 16.7 Å². The van der Waals surface area contributed by atoms with Gasteiger partial charge >= 0.3 is 0 Å². The topological polar surface area (TPSA) is 107 Å². The van der Waals surface area contributed by atoms with Crippen molar-refractivity contribution in [2.45, 2.75) is 25.9 Å². The number of fused-ring (bicyclic) bond motifs is 3. The fraction of sp³-hybridized carbons (Fsp3) is 0.304. The Morgan fingerprint density at radius 1 is 1.27 bits per heavy atom. The predicted octanol–water partition coefficient (Wildman–Crippen LogP) is 2.06. The van der Waals surface area contributed by atoms with Crippen LogP contribution in [0.3, 0.4) is 0 Å². The number of halogens is 1. The Labute approximate surface area is 188 Å². The zero-order valence-electron chi connectivity index (χ0n) is 18.4. The number of hydrogen-bond acceptors (Lipinski definition) is 6. The van der Waals surface area contributed by atoms with E-state index in [0.717, 1.165) is 30.8 Å². The highest BCUT2D eigenvalue weighted by Gasteiger charge is 2.24. The molecule has 1 amide bonds. The van der Waals surface area contributed by atoms with Crippen molar-refractivity contribution in [2.75, 3.05) is 25.5 Å². The van der Waals surface area contributed by atoms with Crippen molar-refractivity contribution in [3.8, 4) is 0 Å². The third kappa shape index (κ3) is 3.82. The molecule has 170 valence electrons. The highest BCUT2D eigenvalue weighted by atomic mass is 19.1. The molecule has 0 bridgehead atoms. The number of pyridine rings is 1. The van der Waals surface area contributed by atoms with Crippen LogP contribution < -0.4 is 16.2 Å². The van der Waals surface area contributed by atoms with Gasteiger partial charge in [-0.15, -0.1) is 0 Å². The zero-order chi connectivity index (χ0) is 23.1. The van der Waals surface area contributed by atoms with Gasteiger partial charge in [-0.05, 0) is 31.5 Å². The van der Waals surface area contributed by atoms with Gasteiger partial charge in [0.2, 0.25) is 0 Å². The van der Waals surface area contributed by atoms with E-state index in [2.05, 4.69) is 30.6 Å². The molecule has 0 unspecified atom stereocenters. The van der Waals surface area contributed by atoms with Crippen LogP contribution in [0.25, 0.3) is 16.6 Å². The van der Waals surface area contributed by atoms with Gasteiger partial charge in [-0.2, -0.15) is 5.10 Å². The molecule has 1 saturated heterocycles. The number of nitrogens with one attached hydrogen (secondary N) is 3. The maximum absolute atomic E-state index is 15.3. The van der Waals surface area contributed by atoms with Crippen molar-refractivity contribution in [1.29, 1.82) is 0 Å². The van der Waals surface area contributed by atoms with E-state index in [4.69, 9.17) is 0 Å². The van der Waals surface area contributed by atoms with E-state index in [9.17, 15) is 9.59 Å². The molecule has 0 aliphatic carbocycles. The smallest absolute Gasteiger partial charge is 0.274 e. The van der Waals surface area contributed by atoms with Crippen molar-refractivity contribution < 1.29 is 9.18 Å². The van der Waals surface area contributed by atoms with Crippen LogP contribution in [-0.4, -0.2) is 56.6 Å². The number of benzene rings is 1. The first-order valence-corrected chi connectivity index (χ1v) is 10.8. The number of amides is 1. The second-order valence-corrected chi connectivity index (χ2v) is 8.35. The number of aryl methyl sites for hydroxylation is 1. The summed E-state index contributed by atoms with van der Waals surface area (Å²) < 4.78 is 16.8. The Bertz CT molecular complexity index is 1410. The molecule has 1 fully saturated rings. The summed E-state index contributed by atoms with van der Waals surface area (Å²) in [6.07, 6.45) is 4.15. The lowest BCUT2D eigenvalue weighted by atomic mass is 10.1. The van der Waals surface area contributed by atoms with Crippen molar-refractivity contribution in [3.05, 3.63) is 69.7 Å². The van der Waals surface area contributed by atoms with E-state index in [1.54, 1.807) is 44.6 Å². The van der Waals surface area contributed by atoms with Gasteiger partial charge in [0.25, 0.3) is 11.5 Å². The van der Waals surface area contributed by atoms with Crippen LogP contribution in [0.1, 0.15) is 28.0 Å². The number of aromatic amines is 1. The van der Waals surface area contributed by atoms with Gasteiger partial charge in [-0.1, -0.05) is 6.07 Å². The molecule has 9 nitrogen and oxygen atoms in total. The third-order valence-corrected chi connectivity index (χ3v) is 6.09. The van der Waals surface area contributed by atoms with Crippen molar-refractivity contribution in [3.63, 3.8) is 0 Å². The Hall–Kier alpha value is -3.79. The minimum absolute atomic E-state index is 0.171. The average Bonchev–Trinajstić information content (AvgIpc) is 3.43. The fourth-order valence-corrected chi connectivity index (χ4v) is 4.40. The molecule has 3 aromatic heterocycles. The molecule has 1 aliphatic rings. The number of rotatable bonds is 5. The maximum Gasteiger partial charge on any atom is 0.274 e. The Balaban J connectivity index is 1.30. The lowest BCUT2D eigenvalue weighted by molar-refractivity contribution is 0.0958. The first kappa shape index (κ1) is 21.1. The highest BCUT2D eigenvalue weighted by Crippen LogP contribution is 2.23. The zero-order valence-corrected chi connectivity index (χ0v) is 18.4. The van der Waals surface area contributed by atoms with E-state index in [1.165, 1.54) is 4.52 Å². The average molecular weight is 449 g/mol. The molecule has 1 aliphatic heterocycles. The minimum Gasteiger partial charge on any atom is -0.380 e. The first-order valence-electron chi connectivity index (χ1n) is 10.8. The molecule has 1 aromatic carbocycles. The summed E-state index contributed by atoms with van der Waals surface area (Å²) in [5.74, 6) is -0.652. The molecule has 0 spiro atoms. The SMILES string of the molecule is CNC(=O)c1ccc(N[C@@H]2CCN(Cc3ccc4c([nH]c(=O)c5c(C)cnn54)c3F)C2)cn1. The molecule has 1 atom stereocenters. The normalized spacial score (nSPS) is 16.5. The molecule has 0 radical (unpaired) electrons. The third-order valence-electron chi connectivity index (χ3n) is 6.09. The molecular formula is C23H24FN7O2. The largest absolute Gasteiger partial charge is 0.380 e. The molecule has 33 heavy (non-hydrogen) atoms. The summed E-state index contributed by atoms with van der Waals surface area (Å²) in [6, 6.07) is 7.25. The number of hydrogen-bond donors (Lipinski definition) is 3. The van der Waals surface area contributed by atoms with E-state index in [1.807, 2.05) is 6.07 Å². The molecule has 0 saturated carbocycles. The van der Waals surface area contributed by atoms with Gasteiger partial charge in [0, 0.05) is 43.9 Å².